The van der Waals surface area contributed by atoms with Crippen LogP contribution in [0.3, 0.4) is 0 Å². The van der Waals surface area contributed by atoms with E-state index in [2.05, 4.69) is 10.1 Å². The van der Waals surface area contributed by atoms with E-state index in [1.165, 1.54) is 0 Å². The monoisotopic (exact) mass is 338 g/mol. The van der Waals surface area contributed by atoms with E-state index in [4.69, 9.17) is 0 Å². The molecule has 63 valence electrons. The molecule has 3 nitrogen and oxygen atoms in total. The van der Waals surface area contributed by atoms with Crippen molar-refractivity contribution < 1.29 is 24.8 Å². The van der Waals surface area contributed by atoms with Crippen LogP contribution >= 0.6 is 0 Å². The molecule has 0 aliphatic rings. The average molecular weight is 337 g/mol. The summed E-state index contributed by atoms with van der Waals surface area (Å²) in [5, 5.41) is 4.04. The Morgan fingerprint density at radius 3 is 2.75 bits per heavy atom. The second-order valence-corrected chi connectivity index (χ2v) is 2.14. The van der Waals surface area contributed by atoms with Crippen LogP contribution in [0.5, 0.6) is 0 Å². The Labute approximate surface area is 83.8 Å². The van der Waals surface area contributed by atoms with Crippen LogP contribution in [-0.4, -0.2) is 4.98 Å². The van der Waals surface area contributed by atoms with E-state index < -0.39 is 0 Å². The van der Waals surface area contributed by atoms with Gasteiger partial charge in [0.25, 0.3) is 0 Å². The molecule has 0 aliphatic carbocycles. The first-order chi connectivity index (χ1) is 5.47. The number of hydrogen-bond donors (Lipinski definition) is 0. The van der Waals surface area contributed by atoms with Gasteiger partial charge in [-0.3, -0.25) is 4.68 Å². The molecule has 0 saturated heterocycles. The third kappa shape index (κ3) is 1.78. The van der Waals surface area contributed by atoms with Crippen molar-refractivity contribution in [2.75, 3.05) is 0 Å². The fourth-order valence-electron chi connectivity index (χ4n) is 0.894. The van der Waals surface area contributed by atoms with Crippen LogP contribution in [-0.2, 0) is 20.1 Å². The van der Waals surface area contributed by atoms with Crippen molar-refractivity contribution in [3.63, 3.8) is 0 Å². The molecule has 4 heteroatoms. The molecule has 12 heavy (non-hydrogen) atoms. The van der Waals surface area contributed by atoms with Crippen molar-refractivity contribution >= 4 is 0 Å². The summed E-state index contributed by atoms with van der Waals surface area (Å²) >= 11 is 0. The zero-order valence-electron chi connectivity index (χ0n) is 6.22. The Bertz CT molecular complexity index is 317. The summed E-state index contributed by atoms with van der Waals surface area (Å²) in [7, 11) is 0. The van der Waals surface area contributed by atoms with Gasteiger partial charge >= 0.3 is 5.82 Å². The van der Waals surface area contributed by atoms with Gasteiger partial charge < -0.3 is 5.10 Å². The molecule has 0 aliphatic heterocycles. The molecule has 0 bridgehead atoms. The van der Waals surface area contributed by atoms with Crippen molar-refractivity contribution in [3.05, 3.63) is 42.9 Å². The molecule has 1 radical (unpaired) electrons. The molecule has 2 heterocycles. The van der Waals surface area contributed by atoms with Gasteiger partial charge in [-0.15, -0.1) is 6.20 Å². The van der Waals surface area contributed by atoms with E-state index in [-0.39, 0.29) is 20.1 Å². The maximum Gasteiger partial charge on any atom is 0.313 e. The van der Waals surface area contributed by atoms with Crippen LogP contribution < -0.4 is 9.78 Å². The zero-order valence-corrected chi connectivity index (χ0v) is 8.61. The molecule has 0 unspecified atom stereocenters. The second-order valence-electron chi connectivity index (χ2n) is 2.14. The molecular formula is C8H7IrN3. The van der Waals surface area contributed by atoms with Gasteiger partial charge in [0.05, 0.1) is 6.20 Å². The van der Waals surface area contributed by atoms with Gasteiger partial charge in [0, 0.05) is 26.2 Å². The molecule has 2 aromatic rings. The number of hydrogen-bond acceptors (Lipinski definition) is 1. The normalized spacial score (nSPS) is 9.00. The van der Waals surface area contributed by atoms with Gasteiger partial charge in [0.1, 0.15) is 6.20 Å². The van der Waals surface area contributed by atoms with Crippen LogP contribution in [0.2, 0.25) is 0 Å². The zero-order chi connectivity index (χ0) is 7.52. The SMILES string of the molecule is [Ir].c1ccc(-[n+]2ccc[n-]2)nc1. The molecule has 0 aromatic carbocycles. The Balaban J connectivity index is 0.000000720. The van der Waals surface area contributed by atoms with Crippen LogP contribution in [0, 0.1) is 0 Å². The van der Waals surface area contributed by atoms with E-state index in [0.717, 1.165) is 5.82 Å². The van der Waals surface area contributed by atoms with Crippen LogP contribution in [0.1, 0.15) is 0 Å². The first-order valence-electron chi connectivity index (χ1n) is 3.38. The van der Waals surface area contributed by atoms with Gasteiger partial charge in [-0.2, -0.15) is 0 Å². The second kappa shape index (κ2) is 4.14. The van der Waals surface area contributed by atoms with Crippen LogP contribution in [0.15, 0.2) is 42.9 Å². The van der Waals surface area contributed by atoms with Crippen LogP contribution in [0.4, 0.5) is 0 Å². The molecule has 0 N–H and O–H groups in total. The number of aromatic nitrogens is 3. The Morgan fingerprint density at radius 1 is 1.25 bits per heavy atom. The third-order valence-corrected chi connectivity index (χ3v) is 1.39. The van der Waals surface area contributed by atoms with Gasteiger partial charge in [-0.05, 0) is 12.1 Å². The first kappa shape index (κ1) is 9.10. The number of pyridine rings is 1. The Morgan fingerprint density at radius 2 is 2.17 bits per heavy atom. The third-order valence-electron chi connectivity index (χ3n) is 1.39. The van der Waals surface area contributed by atoms with Gasteiger partial charge in [-0.1, -0.05) is 11.1 Å². The minimum atomic E-state index is 0. The van der Waals surface area contributed by atoms with Gasteiger partial charge in [0.15, 0.2) is 0 Å². The van der Waals surface area contributed by atoms with E-state index >= 15 is 0 Å². The van der Waals surface area contributed by atoms with E-state index in [9.17, 15) is 0 Å². The standard InChI is InChI=1S/C8H7N3.Ir/c1-2-5-9-8(4-1)11-7-3-6-10-11;/h1-7H;. The molecular weight excluding hydrogens is 330 g/mol. The number of nitrogens with zero attached hydrogens (tertiary/aromatic N) is 3. The summed E-state index contributed by atoms with van der Waals surface area (Å²) in [5.74, 6) is 0.845. The van der Waals surface area contributed by atoms with Gasteiger partial charge in [-0.25, -0.2) is 0 Å². The predicted octanol–water partition coefficient (Wildman–Crippen LogP) is 0.313. The summed E-state index contributed by atoms with van der Waals surface area (Å²) < 4.78 is 1.72. The molecule has 0 saturated carbocycles. The fourth-order valence-corrected chi connectivity index (χ4v) is 0.894. The minimum absolute atomic E-state index is 0. The van der Waals surface area contributed by atoms with Crippen molar-refractivity contribution in [1.82, 2.24) is 10.1 Å². The summed E-state index contributed by atoms with van der Waals surface area (Å²) in [4.78, 5) is 4.12. The molecule has 2 rings (SSSR count). The maximum absolute atomic E-state index is 4.12. The largest absolute Gasteiger partial charge is 0.500 e. The molecule has 0 spiro atoms. The molecule has 0 amide bonds. The predicted molar refractivity (Wildman–Crippen MR) is 39.1 cm³/mol. The number of rotatable bonds is 1. The summed E-state index contributed by atoms with van der Waals surface area (Å²) in [6.45, 7) is 0. The van der Waals surface area contributed by atoms with Crippen molar-refractivity contribution in [2.45, 2.75) is 0 Å². The fraction of sp³-hybridized carbons (Fsp3) is 0. The smallest absolute Gasteiger partial charge is 0.313 e. The maximum atomic E-state index is 4.12. The molecule has 2 aromatic heterocycles. The first-order valence-corrected chi connectivity index (χ1v) is 3.38. The van der Waals surface area contributed by atoms with E-state index in [0.29, 0.717) is 0 Å². The Kier molecular flexibility index (Phi) is 3.14. The van der Waals surface area contributed by atoms with Crippen LogP contribution in [0.25, 0.3) is 5.82 Å². The Hall–Kier alpha value is -0.991. The quantitative estimate of drug-likeness (QED) is 0.702. The van der Waals surface area contributed by atoms with E-state index in [1.807, 2.05) is 30.5 Å². The average Bonchev–Trinajstić information content (AvgIpc) is 2.58. The van der Waals surface area contributed by atoms with Crippen molar-refractivity contribution in [1.29, 1.82) is 0 Å². The minimum Gasteiger partial charge on any atom is -0.500 e. The summed E-state index contributed by atoms with van der Waals surface area (Å²) in [6.07, 6.45) is 5.34. The topological polar surface area (TPSA) is 30.9 Å². The summed E-state index contributed by atoms with van der Waals surface area (Å²) in [5.41, 5.74) is 0. The van der Waals surface area contributed by atoms with Crippen molar-refractivity contribution in [2.24, 2.45) is 0 Å². The van der Waals surface area contributed by atoms with Gasteiger partial charge in [0.2, 0.25) is 0 Å². The molecule has 0 atom stereocenters. The van der Waals surface area contributed by atoms with E-state index in [1.54, 1.807) is 17.1 Å². The van der Waals surface area contributed by atoms with Crippen molar-refractivity contribution in [3.8, 4) is 5.82 Å². The molecule has 0 fully saturated rings. The summed E-state index contributed by atoms with van der Waals surface area (Å²) in [6, 6.07) is 7.60.